The fraction of sp³-hybridized carbons (Fsp3) is 0.296. The van der Waals surface area contributed by atoms with Crippen molar-refractivity contribution >= 4 is 29.1 Å². The maximum atomic E-state index is 13.1. The van der Waals surface area contributed by atoms with Crippen molar-refractivity contribution in [1.82, 2.24) is 29.4 Å². The maximum absolute atomic E-state index is 13.1. The third-order valence-corrected chi connectivity index (χ3v) is 7.41. The molecule has 37 heavy (non-hydrogen) atoms. The Labute approximate surface area is 225 Å². The Bertz CT molecular complexity index is 1390. The molecule has 8 nitrogen and oxygen atoms in total. The van der Waals surface area contributed by atoms with Crippen molar-refractivity contribution in [2.75, 3.05) is 26.2 Å². The molecule has 1 saturated heterocycles. The van der Waals surface area contributed by atoms with Crippen molar-refractivity contribution in [2.24, 2.45) is 0 Å². The van der Waals surface area contributed by atoms with Gasteiger partial charge in [-0.2, -0.15) is 10.2 Å². The molecule has 0 radical (unpaired) electrons. The Morgan fingerprint density at radius 3 is 2.46 bits per heavy atom. The first-order valence-electron chi connectivity index (χ1n) is 12.1. The van der Waals surface area contributed by atoms with Crippen LogP contribution in [0.1, 0.15) is 27.4 Å². The van der Waals surface area contributed by atoms with Crippen LogP contribution in [-0.4, -0.2) is 61.4 Å². The standard InChI is InChI=1S/C27H28Cl2N6O2/c1-19-22(20(2)35(30-19)21-7-4-3-5-8-21)17-32-13-15-33(16-14-32)27(36)24-11-12-34(31-24)18-37-25-10-6-9-23(28)26(25)29/h3-12H,13-18H2,1-2H3. The summed E-state index contributed by atoms with van der Waals surface area (Å²) < 4.78 is 9.28. The number of aryl methyl sites for hydroxylation is 1. The highest BCUT2D eigenvalue weighted by molar-refractivity contribution is 6.42. The van der Waals surface area contributed by atoms with Crippen LogP contribution in [0.15, 0.2) is 60.8 Å². The molecule has 3 heterocycles. The van der Waals surface area contributed by atoms with Gasteiger partial charge in [0.15, 0.2) is 12.4 Å². The number of benzene rings is 2. The van der Waals surface area contributed by atoms with Gasteiger partial charge in [-0.05, 0) is 44.2 Å². The summed E-state index contributed by atoms with van der Waals surface area (Å²) >= 11 is 12.2. The van der Waals surface area contributed by atoms with Crippen molar-refractivity contribution in [1.29, 1.82) is 0 Å². The first-order chi connectivity index (χ1) is 17.9. The van der Waals surface area contributed by atoms with Crippen LogP contribution in [-0.2, 0) is 13.3 Å². The Morgan fingerprint density at radius 1 is 0.946 bits per heavy atom. The van der Waals surface area contributed by atoms with Crippen LogP contribution >= 0.6 is 23.2 Å². The summed E-state index contributed by atoms with van der Waals surface area (Å²) in [6.07, 6.45) is 1.72. The monoisotopic (exact) mass is 538 g/mol. The zero-order chi connectivity index (χ0) is 25.9. The van der Waals surface area contributed by atoms with Gasteiger partial charge in [-0.3, -0.25) is 9.69 Å². The largest absolute Gasteiger partial charge is 0.470 e. The summed E-state index contributed by atoms with van der Waals surface area (Å²) in [5, 5.41) is 9.93. The van der Waals surface area contributed by atoms with Crippen LogP contribution in [0, 0.1) is 13.8 Å². The van der Waals surface area contributed by atoms with Crippen molar-refractivity contribution in [3.05, 3.63) is 93.5 Å². The number of piperazine rings is 1. The minimum atomic E-state index is -0.0801. The Balaban J connectivity index is 1.16. The van der Waals surface area contributed by atoms with Crippen LogP contribution in [0.4, 0.5) is 0 Å². The summed E-state index contributed by atoms with van der Waals surface area (Å²) in [6, 6.07) is 17.1. The zero-order valence-electron chi connectivity index (χ0n) is 20.8. The van der Waals surface area contributed by atoms with E-state index in [2.05, 4.69) is 36.0 Å². The molecule has 1 aliphatic heterocycles. The number of hydrogen-bond acceptors (Lipinski definition) is 5. The van der Waals surface area contributed by atoms with Crippen LogP contribution in [0.2, 0.25) is 10.0 Å². The second-order valence-electron chi connectivity index (χ2n) is 9.03. The SMILES string of the molecule is Cc1nn(-c2ccccc2)c(C)c1CN1CCN(C(=O)c2ccn(COc3cccc(Cl)c3Cl)n2)CC1. The number of amides is 1. The molecular weight excluding hydrogens is 511 g/mol. The number of nitrogens with zero attached hydrogens (tertiary/aromatic N) is 6. The van der Waals surface area contributed by atoms with Crippen molar-refractivity contribution < 1.29 is 9.53 Å². The lowest BCUT2D eigenvalue weighted by atomic mass is 10.1. The zero-order valence-corrected chi connectivity index (χ0v) is 22.3. The molecule has 0 N–H and O–H groups in total. The summed E-state index contributed by atoms with van der Waals surface area (Å²) in [5.41, 5.74) is 4.87. The lowest BCUT2D eigenvalue weighted by Gasteiger charge is -2.34. The number of carbonyl (C=O) groups is 1. The predicted octanol–water partition coefficient (Wildman–Crippen LogP) is 4.99. The number of ether oxygens (including phenoxy) is 1. The molecule has 5 rings (SSSR count). The number of rotatable bonds is 7. The number of halogens is 2. The van der Waals surface area contributed by atoms with Crippen LogP contribution in [0.5, 0.6) is 5.75 Å². The van der Waals surface area contributed by atoms with E-state index in [0.29, 0.717) is 34.6 Å². The molecule has 1 amide bonds. The molecule has 192 valence electrons. The highest BCUT2D eigenvalue weighted by Crippen LogP contribution is 2.31. The summed E-state index contributed by atoms with van der Waals surface area (Å²) in [6.45, 7) is 7.97. The molecule has 0 spiro atoms. The first kappa shape index (κ1) is 25.3. The average Bonchev–Trinajstić information content (AvgIpc) is 3.50. The molecule has 0 bridgehead atoms. The number of carbonyl (C=O) groups excluding carboxylic acids is 1. The van der Waals surface area contributed by atoms with Gasteiger partial charge in [0.1, 0.15) is 10.8 Å². The predicted molar refractivity (Wildman–Crippen MR) is 144 cm³/mol. The van der Waals surface area contributed by atoms with Crippen LogP contribution < -0.4 is 4.74 Å². The minimum absolute atomic E-state index is 0.0801. The van der Waals surface area contributed by atoms with Gasteiger partial charge in [0.2, 0.25) is 0 Å². The number of hydrogen-bond donors (Lipinski definition) is 0. The van der Waals surface area contributed by atoms with E-state index in [4.69, 9.17) is 33.0 Å². The van der Waals surface area contributed by atoms with E-state index in [0.717, 1.165) is 36.7 Å². The maximum Gasteiger partial charge on any atom is 0.274 e. The van der Waals surface area contributed by atoms with E-state index in [1.54, 1.807) is 35.1 Å². The quantitative estimate of drug-likeness (QED) is 0.331. The summed E-state index contributed by atoms with van der Waals surface area (Å²) in [4.78, 5) is 17.3. The Kier molecular flexibility index (Phi) is 7.50. The first-order valence-corrected chi connectivity index (χ1v) is 12.9. The third kappa shape index (κ3) is 5.51. The summed E-state index contributed by atoms with van der Waals surface area (Å²) in [7, 11) is 0. The third-order valence-electron chi connectivity index (χ3n) is 6.61. The molecule has 4 aromatic rings. The summed E-state index contributed by atoms with van der Waals surface area (Å²) in [5.74, 6) is 0.386. The van der Waals surface area contributed by atoms with Crippen molar-refractivity contribution in [3.63, 3.8) is 0 Å². The van der Waals surface area contributed by atoms with E-state index in [9.17, 15) is 4.79 Å². The topological polar surface area (TPSA) is 68.4 Å². The fourth-order valence-corrected chi connectivity index (χ4v) is 4.84. The smallest absolute Gasteiger partial charge is 0.274 e. The molecular formula is C27H28Cl2N6O2. The lowest BCUT2D eigenvalue weighted by molar-refractivity contribution is 0.0620. The van der Waals surface area contributed by atoms with Crippen LogP contribution in [0.3, 0.4) is 0 Å². The van der Waals surface area contributed by atoms with E-state index < -0.39 is 0 Å². The molecule has 0 aliphatic carbocycles. The highest BCUT2D eigenvalue weighted by Gasteiger charge is 2.25. The van der Waals surface area contributed by atoms with Gasteiger partial charge in [0.25, 0.3) is 5.91 Å². The van der Waals surface area contributed by atoms with Gasteiger partial charge in [-0.1, -0.05) is 47.5 Å². The minimum Gasteiger partial charge on any atom is -0.470 e. The van der Waals surface area contributed by atoms with Gasteiger partial charge < -0.3 is 9.64 Å². The van der Waals surface area contributed by atoms with E-state index >= 15 is 0 Å². The molecule has 0 saturated carbocycles. The van der Waals surface area contributed by atoms with Crippen molar-refractivity contribution in [3.8, 4) is 11.4 Å². The fourth-order valence-electron chi connectivity index (χ4n) is 4.50. The van der Waals surface area contributed by atoms with E-state index in [1.807, 2.05) is 27.8 Å². The van der Waals surface area contributed by atoms with Gasteiger partial charge >= 0.3 is 0 Å². The van der Waals surface area contributed by atoms with Gasteiger partial charge in [-0.15, -0.1) is 0 Å². The van der Waals surface area contributed by atoms with Gasteiger partial charge in [0, 0.05) is 50.2 Å². The van der Waals surface area contributed by atoms with Gasteiger partial charge in [0.05, 0.1) is 16.4 Å². The second-order valence-corrected chi connectivity index (χ2v) is 9.82. The molecule has 0 atom stereocenters. The normalized spacial score (nSPS) is 14.2. The number of aromatic nitrogens is 4. The molecule has 0 unspecified atom stereocenters. The van der Waals surface area contributed by atoms with E-state index in [1.165, 1.54) is 5.56 Å². The highest BCUT2D eigenvalue weighted by atomic mass is 35.5. The van der Waals surface area contributed by atoms with Crippen LogP contribution in [0.25, 0.3) is 5.69 Å². The van der Waals surface area contributed by atoms with Gasteiger partial charge in [-0.25, -0.2) is 9.36 Å². The van der Waals surface area contributed by atoms with E-state index in [-0.39, 0.29) is 12.6 Å². The second kappa shape index (κ2) is 11.0. The molecule has 2 aromatic heterocycles. The molecule has 1 fully saturated rings. The molecule has 2 aromatic carbocycles. The number of para-hydroxylation sites is 1. The molecule has 10 heteroatoms. The Hall–Kier alpha value is -3.33. The Morgan fingerprint density at radius 2 is 1.70 bits per heavy atom. The average molecular weight is 539 g/mol. The molecule has 1 aliphatic rings. The van der Waals surface area contributed by atoms with Crippen molar-refractivity contribution in [2.45, 2.75) is 27.1 Å². The lowest BCUT2D eigenvalue weighted by Crippen LogP contribution is -2.48.